The summed E-state index contributed by atoms with van der Waals surface area (Å²) in [6.07, 6.45) is 2.25. The Morgan fingerprint density at radius 3 is 2.06 bits per heavy atom. The standard InChI is InChI=1S/C28H29.2ClH.Zr/c1-5-11-21-16-17-22-18-23(28(2,3)4)19-26(22)27(21)25-15-10-9-14-24(25)20-12-7-6-8-13-20;;;/h6-10,12-19H,5,11H2,1-4H3;2*1H;/q-1;;;+2/p-2. The molecule has 3 heteroatoms. The maximum absolute atomic E-state index is 4.93. The van der Waals surface area contributed by atoms with Gasteiger partial charge in [-0.15, -0.1) is 34.5 Å². The second kappa shape index (κ2) is 11.0. The van der Waals surface area contributed by atoms with Gasteiger partial charge in [0.15, 0.2) is 0 Å². The van der Waals surface area contributed by atoms with Gasteiger partial charge in [-0.25, -0.2) is 0 Å². The van der Waals surface area contributed by atoms with Gasteiger partial charge in [0.05, 0.1) is 0 Å². The third kappa shape index (κ3) is 5.76. The topological polar surface area (TPSA) is 0 Å². The minimum absolute atomic E-state index is 0.153. The Kier molecular flexibility index (Phi) is 8.68. The normalized spacial score (nSPS) is 11.2. The summed E-state index contributed by atoms with van der Waals surface area (Å²) >= 11 is -0.826. The molecule has 0 heterocycles. The molecule has 4 aromatic rings. The van der Waals surface area contributed by atoms with E-state index in [1.165, 1.54) is 44.2 Å². The van der Waals surface area contributed by atoms with Gasteiger partial charge in [-0.2, -0.15) is 6.07 Å². The molecule has 4 aromatic carbocycles. The molecule has 0 bridgehead atoms. The van der Waals surface area contributed by atoms with E-state index in [9.17, 15) is 0 Å². The quantitative estimate of drug-likeness (QED) is 0.232. The molecule has 0 fully saturated rings. The van der Waals surface area contributed by atoms with Crippen molar-refractivity contribution in [2.75, 3.05) is 0 Å². The van der Waals surface area contributed by atoms with Crippen LogP contribution < -0.4 is 0 Å². The van der Waals surface area contributed by atoms with Crippen molar-refractivity contribution in [3.05, 3.63) is 90.0 Å². The van der Waals surface area contributed by atoms with E-state index < -0.39 is 20.8 Å². The Morgan fingerprint density at radius 2 is 1.45 bits per heavy atom. The molecule has 0 aliphatic carbocycles. The SMILES string of the molecule is CCCc1ccc2[cH-]c(C(C)(C)C)cc2c1-c1ccccc1-c1ccccc1.[Cl][Zr][Cl]. The second-order valence-corrected chi connectivity index (χ2v) is 12.6. The van der Waals surface area contributed by atoms with Crippen molar-refractivity contribution in [3.8, 4) is 22.3 Å². The molecule has 4 rings (SSSR count). The summed E-state index contributed by atoms with van der Waals surface area (Å²) in [5.74, 6) is 0. The van der Waals surface area contributed by atoms with Crippen LogP contribution in [0.4, 0.5) is 0 Å². The van der Waals surface area contributed by atoms with E-state index in [1.807, 2.05) is 0 Å². The van der Waals surface area contributed by atoms with Crippen LogP contribution in [0.2, 0.25) is 0 Å². The Labute approximate surface area is 205 Å². The van der Waals surface area contributed by atoms with E-state index in [4.69, 9.17) is 17.0 Å². The first-order valence-electron chi connectivity index (χ1n) is 10.7. The van der Waals surface area contributed by atoms with Gasteiger partial charge in [0.25, 0.3) is 0 Å². The van der Waals surface area contributed by atoms with E-state index in [2.05, 4.69) is 107 Å². The van der Waals surface area contributed by atoms with Crippen molar-refractivity contribution in [2.45, 2.75) is 46.0 Å². The Balaban J connectivity index is 0.000000858. The zero-order chi connectivity index (χ0) is 22.4. The molecule has 0 saturated heterocycles. The average molecular weight is 528 g/mol. The van der Waals surface area contributed by atoms with E-state index in [1.54, 1.807) is 0 Å². The summed E-state index contributed by atoms with van der Waals surface area (Å²) in [6, 6.07) is 29.1. The first-order valence-corrected chi connectivity index (χ1v) is 17.1. The fraction of sp³-hybridized carbons (Fsp3) is 0.250. The van der Waals surface area contributed by atoms with Gasteiger partial charge < -0.3 is 0 Å². The minimum atomic E-state index is -0.826. The van der Waals surface area contributed by atoms with E-state index in [0.29, 0.717) is 0 Å². The van der Waals surface area contributed by atoms with Crippen LogP contribution in [0.5, 0.6) is 0 Å². The molecular formula is C28H29Cl2Zr-. The van der Waals surface area contributed by atoms with Crippen molar-refractivity contribution in [3.63, 3.8) is 0 Å². The number of halogens is 2. The first kappa shape index (κ1) is 24.4. The third-order valence-corrected chi connectivity index (χ3v) is 5.64. The zero-order valence-electron chi connectivity index (χ0n) is 18.7. The second-order valence-electron chi connectivity index (χ2n) is 8.83. The molecular weight excluding hydrogens is 498 g/mol. The van der Waals surface area contributed by atoms with Gasteiger partial charge in [0.2, 0.25) is 0 Å². The third-order valence-electron chi connectivity index (χ3n) is 5.64. The Hall–Kier alpha value is -1.27. The van der Waals surface area contributed by atoms with Crippen molar-refractivity contribution >= 4 is 27.8 Å². The molecule has 0 nitrogen and oxygen atoms in total. The molecule has 0 saturated carbocycles. The monoisotopic (exact) mass is 525 g/mol. The maximum atomic E-state index is 4.93. The molecule has 0 radical (unpaired) electrons. The van der Waals surface area contributed by atoms with Crippen LogP contribution in [0.25, 0.3) is 33.0 Å². The van der Waals surface area contributed by atoms with Gasteiger partial charge in [-0.05, 0) is 28.5 Å². The van der Waals surface area contributed by atoms with E-state index in [-0.39, 0.29) is 5.41 Å². The summed E-state index contributed by atoms with van der Waals surface area (Å²) in [4.78, 5) is 0. The Bertz CT molecular complexity index is 1120. The van der Waals surface area contributed by atoms with Crippen LogP contribution >= 0.6 is 17.0 Å². The Morgan fingerprint density at radius 1 is 0.839 bits per heavy atom. The first-order chi connectivity index (χ1) is 14.9. The number of fused-ring (bicyclic) bond motifs is 1. The van der Waals surface area contributed by atoms with E-state index >= 15 is 0 Å². The number of rotatable bonds is 4. The molecule has 160 valence electrons. The molecule has 0 unspecified atom stereocenters. The van der Waals surface area contributed by atoms with Gasteiger partial charge in [-0.3, -0.25) is 0 Å². The summed E-state index contributed by atoms with van der Waals surface area (Å²) in [5, 5.41) is 2.74. The van der Waals surface area contributed by atoms with Crippen LogP contribution in [0, 0.1) is 0 Å². The van der Waals surface area contributed by atoms with Gasteiger partial charge in [0, 0.05) is 0 Å². The number of hydrogen-bond acceptors (Lipinski definition) is 0. The van der Waals surface area contributed by atoms with Crippen molar-refractivity contribution in [1.82, 2.24) is 0 Å². The van der Waals surface area contributed by atoms with Crippen LogP contribution in [0.1, 0.15) is 45.2 Å². The van der Waals surface area contributed by atoms with Gasteiger partial charge in [-0.1, -0.05) is 99.8 Å². The van der Waals surface area contributed by atoms with Crippen LogP contribution in [0.15, 0.2) is 78.9 Å². The molecule has 0 atom stereocenters. The zero-order valence-corrected chi connectivity index (χ0v) is 22.6. The van der Waals surface area contributed by atoms with Crippen molar-refractivity contribution in [1.29, 1.82) is 0 Å². The van der Waals surface area contributed by atoms with Gasteiger partial charge in [0.1, 0.15) is 0 Å². The summed E-state index contributed by atoms with van der Waals surface area (Å²) in [6.45, 7) is 9.16. The number of aryl methyl sites for hydroxylation is 1. The van der Waals surface area contributed by atoms with Crippen LogP contribution in [-0.2, 0) is 32.7 Å². The average Bonchev–Trinajstić information content (AvgIpc) is 3.20. The molecule has 0 N–H and O–H groups in total. The summed E-state index contributed by atoms with van der Waals surface area (Å²) < 4.78 is 0. The predicted octanol–water partition coefficient (Wildman–Crippen LogP) is 9.52. The summed E-state index contributed by atoms with van der Waals surface area (Å²) in [5.41, 5.74) is 8.36. The fourth-order valence-corrected chi connectivity index (χ4v) is 4.13. The number of benzene rings is 3. The molecule has 0 amide bonds. The van der Waals surface area contributed by atoms with Gasteiger partial charge >= 0.3 is 37.9 Å². The fourth-order valence-electron chi connectivity index (χ4n) is 4.13. The van der Waals surface area contributed by atoms with Crippen molar-refractivity contribution in [2.24, 2.45) is 0 Å². The number of hydrogen-bond donors (Lipinski definition) is 0. The van der Waals surface area contributed by atoms with Crippen molar-refractivity contribution < 1.29 is 20.8 Å². The molecule has 0 aliphatic rings. The molecule has 0 spiro atoms. The predicted molar refractivity (Wildman–Crippen MR) is 135 cm³/mol. The summed E-state index contributed by atoms with van der Waals surface area (Å²) in [7, 11) is 9.87. The van der Waals surface area contributed by atoms with Crippen LogP contribution in [0.3, 0.4) is 0 Å². The van der Waals surface area contributed by atoms with E-state index in [0.717, 1.165) is 12.8 Å². The molecule has 0 aromatic heterocycles. The van der Waals surface area contributed by atoms with Crippen LogP contribution in [-0.4, -0.2) is 0 Å². The molecule has 0 aliphatic heterocycles. The molecule has 31 heavy (non-hydrogen) atoms.